The Hall–Kier alpha value is -3.10. The van der Waals surface area contributed by atoms with Crippen molar-refractivity contribution in [2.75, 3.05) is 33.9 Å². The fourth-order valence-electron chi connectivity index (χ4n) is 3.54. The average Bonchev–Trinajstić information content (AvgIpc) is 3.39. The summed E-state index contributed by atoms with van der Waals surface area (Å²) in [4.78, 5) is 7.00. The number of hydrogen-bond donors (Lipinski definition) is 1. The molecule has 1 aliphatic heterocycles. The van der Waals surface area contributed by atoms with Gasteiger partial charge >= 0.3 is 0 Å². The molecule has 1 aliphatic rings. The second-order valence-corrected chi connectivity index (χ2v) is 8.86. The van der Waals surface area contributed by atoms with Crippen LogP contribution in [0.25, 0.3) is 21.3 Å². The lowest BCUT2D eigenvalue weighted by Gasteiger charge is -2.24. The van der Waals surface area contributed by atoms with Gasteiger partial charge in [0.15, 0.2) is 17.6 Å². The molecular weight excluding hydrogens is 412 g/mol. The molecule has 160 valence electrons. The molecule has 7 nitrogen and oxygen atoms in total. The SMILES string of the molecule is Cc1[nH]ncc1-c1cc(OCCN(C)C)c2nc(C3COc4ccccc4O3)sc2c1. The van der Waals surface area contributed by atoms with E-state index >= 15 is 0 Å². The Bertz CT molecular complexity index is 1220. The monoisotopic (exact) mass is 436 g/mol. The van der Waals surface area contributed by atoms with Gasteiger partial charge in [-0.3, -0.25) is 5.10 Å². The molecule has 1 N–H and O–H groups in total. The van der Waals surface area contributed by atoms with Crippen LogP contribution in [-0.4, -0.2) is 53.9 Å². The molecule has 5 rings (SSSR count). The molecule has 1 unspecified atom stereocenters. The van der Waals surface area contributed by atoms with Crippen LogP contribution in [0.2, 0.25) is 0 Å². The molecule has 0 radical (unpaired) electrons. The highest BCUT2D eigenvalue weighted by atomic mass is 32.1. The van der Waals surface area contributed by atoms with Crippen LogP contribution in [0.5, 0.6) is 17.2 Å². The molecule has 0 amide bonds. The molecule has 31 heavy (non-hydrogen) atoms. The van der Waals surface area contributed by atoms with Gasteiger partial charge in [-0.2, -0.15) is 5.10 Å². The first-order valence-electron chi connectivity index (χ1n) is 10.2. The van der Waals surface area contributed by atoms with Crippen LogP contribution in [0.3, 0.4) is 0 Å². The first kappa shape index (κ1) is 19.8. The molecule has 2 aromatic heterocycles. The number of para-hydroxylation sites is 2. The Morgan fingerprint density at radius 3 is 2.84 bits per heavy atom. The number of fused-ring (bicyclic) bond motifs is 2. The first-order chi connectivity index (χ1) is 15.1. The maximum atomic E-state index is 6.18. The number of ether oxygens (including phenoxy) is 3. The van der Waals surface area contributed by atoms with Crippen LogP contribution in [0.1, 0.15) is 16.8 Å². The van der Waals surface area contributed by atoms with Gasteiger partial charge in [0.1, 0.15) is 29.5 Å². The zero-order chi connectivity index (χ0) is 21.4. The lowest BCUT2D eigenvalue weighted by Crippen LogP contribution is -2.21. The van der Waals surface area contributed by atoms with Crippen molar-refractivity contribution in [2.24, 2.45) is 0 Å². The molecule has 3 heterocycles. The smallest absolute Gasteiger partial charge is 0.184 e. The summed E-state index contributed by atoms with van der Waals surface area (Å²) in [7, 11) is 4.06. The van der Waals surface area contributed by atoms with Crippen LogP contribution in [0.4, 0.5) is 0 Å². The van der Waals surface area contributed by atoms with E-state index in [-0.39, 0.29) is 6.10 Å². The molecule has 1 atom stereocenters. The van der Waals surface area contributed by atoms with Crippen molar-refractivity contribution in [2.45, 2.75) is 13.0 Å². The van der Waals surface area contributed by atoms with Crippen molar-refractivity contribution in [3.05, 3.63) is 53.3 Å². The lowest BCUT2D eigenvalue weighted by molar-refractivity contribution is 0.0912. The minimum Gasteiger partial charge on any atom is -0.490 e. The molecule has 8 heteroatoms. The third-order valence-corrected chi connectivity index (χ3v) is 6.29. The Balaban J connectivity index is 1.52. The van der Waals surface area contributed by atoms with E-state index in [4.69, 9.17) is 19.2 Å². The van der Waals surface area contributed by atoms with E-state index in [1.54, 1.807) is 11.3 Å². The van der Waals surface area contributed by atoms with Gasteiger partial charge in [-0.05, 0) is 50.8 Å². The van der Waals surface area contributed by atoms with Crippen molar-refractivity contribution in [1.29, 1.82) is 0 Å². The fourth-order valence-corrected chi connectivity index (χ4v) is 4.58. The normalized spacial score (nSPS) is 15.5. The summed E-state index contributed by atoms with van der Waals surface area (Å²) >= 11 is 1.61. The number of rotatable bonds is 6. The van der Waals surface area contributed by atoms with Crippen molar-refractivity contribution in [1.82, 2.24) is 20.1 Å². The zero-order valence-corrected chi connectivity index (χ0v) is 18.5. The molecule has 4 aromatic rings. The Morgan fingerprint density at radius 2 is 2.06 bits per heavy atom. The summed E-state index contributed by atoms with van der Waals surface area (Å²) in [5.74, 6) is 2.29. The second-order valence-electron chi connectivity index (χ2n) is 7.80. The highest BCUT2D eigenvalue weighted by molar-refractivity contribution is 7.18. The summed E-state index contributed by atoms with van der Waals surface area (Å²) in [5.41, 5.74) is 3.98. The minimum absolute atomic E-state index is 0.249. The quantitative estimate of drug-likeness (QED) is 0.482. The number of aromatic nitrogens is 3. The second kappa shape index (κ2) is 8.20. The Labute approximate surface area is 184 Å². The van der Waals surface area contributed by atoms with E-state index in [1.165, 1.54) is 0 Å². The fraction of sp³-hybridized carbons (Fsp3) is 0.304. The third-order valence-electron chi connectivity index (χ3n) is 5.20. The van der Waals surface area contributed by atoms with E-state index in [0.717, 1.165) is 55.8 Å². The van der Waals surface area contributed by atoms with Crippen LogP contribution in [0.15, 0.2) is 42.6 Å². The van der Waals surface area contributed by atoms with Crippen molar-refractivity contribution < 1.29 is 14.2 Å². The van der Waals surface area contributed by atoms with E-state index in [9.17, 15) is 0 Å². The molecule has 0 spiro atoms. The van der Waals surface area contributed by atoms with Gasteiger partial charge in [-0.25, -0.2) is 4.98 Å². The van der Waals surface area contributed by atoms with E-state index in [2.05, 4.69) is 21.2 Å². The topological polar surface area (TPSA) is 72.5 Å². The summed E-state index contributed by atoms with van der Waals surface area (Å²) in [5, 5.41) is 8.06. The predicted molar refractivity (Wildman–Crippen MR) is 121 cm³/mol. The first-order valence-corrected chi connectivity index (χ1v) is 11.0. The standard InChI is InChI=1S/C23H24N4O3S/c1-14-16(12-24-26-14)15-10-19(28-9-8-27(2)3)22-21(11-15)31-23(25-22)20-13-29-17-6-4-5-7-18(17)30-20/h4-7,10-12,20H,8-9,13H2,1-3H3,(H,24,26). The van der Waals surface area contributed by atoms with Gasteiger partial charge in [-0.1, -0.05) is 12.1 Å². The number of likely N-dealkylation sites (N-methyl/N-ethyl adjacent to an activating group) is 1. The molecule has 0 saturated carbocycles. The van der Waals surface area contributed by atoms with Crippen molar-refractivity contribution in [3.63, 3.8) is 0 Å². The lowest BCUT2D eigenvalue weighted by atomic mass is 10.1. The van der Waals surface area contributed by atoms with Crippen LogP contribution < -0.4 is 14.2 Å². The van der Waals surface area contributed by atoms with Gasteiger partial charge in [0.25, 0.3) is 0 Å². The third kappa shape index (κ3) is 3.96. The van der Waals surface area contributed by atoms with Crippen molar-refractivity contribution in [3.8, 4) is 28.4 Å². The molecule has 0 fully saturated rings. The number of benzene rings is 2. The molecule has 2 aromatic carbocycles. The van der Waals surface area contributed by atoms with E-state index < -0.39 is 0 Å². The molecule has 0 aliphatic carbocycles. The zero-order valence-electron chi connectivity index (χ0n) is 17.7. The Morgan fingerprint density at radius 1 is 1.23 bits per heavy atom. The number of aromatic amines is 1. The Kier molecular flexibility index (Phi) is 5.25. The maximum absolute atomic E-state index is 6.18. The number of nitrogens with one attached hydrogen (secondary N) is 1. The maximum Gasteiger partial charge on any atom is 0.184 e. The summed E-state index contributed by atoms with van der Waals surface area (Å²) in [6, 6.07) is 11.9. The highest BCUT2D eigenvalue weighted by Gasteiger charge is 2.26. The van der Waals surface area contributed by atoms with E-state index in [1.807, 2.05) is 57.5 Å². The number of aryl methyl sites for hydroxylation is 1. The molecule has 0 saturated heterocycles. The van der Waals surface area contributed by atoms with Crippen LogP contribution in [0, 0.1) is 6.92 Å². The predicted octanol–water partition coefficient (Wildman–Crippen LogP) is 4.45. The van der Waals surface area contributed by atoms with Gasteiger partial charge in [-0.15, -0.1) is 11.3 Å². The van der Waals surface area contributed by atoms with Gasteiger partial charge in [0.2, 0.25) is 0 Å². The van der Waals surface area contributed by atoms with Gasteiger partial charge < -0.3 is 19.1 Å². The van der Waals surface area contributed by atoms with E-state index in [0.29, 0.717) is 13.2 Å². The number of hydrogen-bond acceptors (Lipinski definition) is 7. The summed E-state index contributed by atoms with van der Waals surface area (Å²) in [6.07, 6.45) is 1.60. The average molecular weight is 437 g/mol. The largest absolute Gasteiger partial charge is 0.490 e. The number of H-pyrrole nitrogens is 1. The minimum atomic E-state index is -0.249. The highest BCUT2D eigenvalue weighted by Crippen LogP contribution is 2.41. The van der Waals surface area contributed by atoms with Crippen molar-refractivity contribution >= 4 is 21.6 Å². The van der Waals surface area contributed by atoms with Crippen LogP contribution in [-0.2, 0) is 0 Å². The van der Waals surface area contributed by atoms with Gasteiger partial charge in [0.05, 0.1) is 10.9 Å². The number of nitrogens with zero attached hydrogens (tertiary/aromatic N) is 3. The van der Waals surface area contributed by atoms with Gasteiger partial charge in [0, 0.05) is 17.8 Å². The molecular formula is C23H24N4O3S. The number of thiazole rings is 1. The summed E-state index contributed by atoms with van der Waals surface area (Å²) in [6.45, 7) is 3.85. The van der Waals surface area contributed by atoms with Crippen LogP contribution >= 0.6 is 11.3 Å². The summed E-state index contributed by atoms with van der Waals surface area (Å²) < 4.78 is 19.3. The molecule has 0 bridgehead atoms.